The molecule has 2 aliphatic rings. The van der Waals surface area contributed by atoms with E-state index in [1.54, 1.807) is 13.1 Å². The highest BCUT2D eigenvalue weighted by atomic mass is 19.3. The molecular weight excluding hydrogens is 497 g/mol. The Labute approximate surface area is 219 Å². The summed E-state index contributed by atoms with van der Waals surface area (Å²) in [7, 11) is 0. The summed E-state index contributed by atoms with van der Waals surface area (Å²) in [6.07, 6.45) is 0.435. The van der Waals surface area contributed by atoms with Gasteiger partial charge in [-0.15, -0.1) is 5.10 Å². The minimum absolute atomic E-state index is 0.0426. The molecule has 1 aromatic carbocycles. The number of aromatic nitrogens is 3. The first-order valence-electron chi connectivity index (χ1n) is 12.9. The molecule has 5 rings (SSSR count). The van der Waals surface area contributed by atoms with E-state index >= 15 is 0 Å². The Bertz CT molecular complexity index is 1310. The zero-order valence-corrected chi connectivity index (χ0v) is 21.5. The van der Waals surface area contributed by atoms with Crippen LogP contribution < -0.4 is 10.2 Å². The van der Waals surface area contributed by atoms with Gasteiger partial charge in [0.25, 0.3) is 6.43 Å². The zero-order chi connectivity index (χ0) is 26.8. The van der Waals surface area contributed by atoms with Crippen LogP contribution in [0.15, 0.2) is 30.5 Å². The SMILES string of the molecule is Cc1nnc(N[C@H](C)c2cccc(C(F)F)c2F)c2cc(N3CCN(C(=O)C4CCOCC4)CC3)cnc12. The van der Waals surface area contributed by atoms with Crippen LogP contribution in [0.25, 0.3) is 10.9 Å². The van der Waals surface area contributed by atoms with E-state index < -0.39 is 23.8 Å². The van der Waals surface area contributed by atoms with Crippen LogP contribution in [0, 0.1) is 18.7 Å². The summed E-state index contributed by atoms with van der Waals surface area (Å²) >= 11 is 0. The summed E-state index contributed by atoms with van der Waals surface area (Å²) in [5.41, 5.74) is 1.66. The molecule has 11 heteroatoms. The van der Waals surface area contributed by atoms with Gasteiger partial charge in [-0.05, 0) is 32.8 Å². The third-order valence-corrected chi connectivity index (χ3v) is 7.41. The van der Waals surface area contributed by atoms with Gasteiger partial charge in [-0.25, -0.2) is 13.2 Å². The molecule has 3 aromatic rings. The van der Waals surface area contributed by atoms with Crippen molar-refractivity contribution in [2.45, 2.75) is 39.2 Å². The standard InChI is InChI=1S/C27H31F3N6O2/c1-16(20-4-3-5-21(23(20)28)25(29)30)32-26-22-14-19(15-31-24(22)17(2)33-34-26)35-8-10-36(11-9-35)27(37)18-6-12-38-13-7-18/h3-5,14-16,18,25H,6-13H2,1-2H3,(H,32,34)/t16-/m1/s1. The van der Waals surface area contributed by atoms with Crippen LogP contribution in [0.2, 0.25) is 0 Å². The molecule has 0 radical (unpaired) electrons. The molecule has 2 fully saturated rings. The van der Waals surface area contributed by atoms with Gasteiger partial charge >= 0.3 is 0 Å². The van der Waals surface area contributed by atoms with Gasteiger partial charge in [-0.3, -0.25) is 9.78 Å². The third-order valence-electron chi connectivity index (χ3n) is 7.41. The maximum Gasteiger partial charge on any atom is 0.266 e. The van der Waals surface area contributed by atoms with Crippen LogP contribution in [0.3, 0.4) is 0 Å². The van der Waals surface area contributed by atoms with Gasteiger partial charge in [-0.1, -0.05) is 18.2 Å². The molecule has 0 bridgehead atoms. The smallest absolute Gasteiger partial charge is 0.266 e. The number of hydrogen-bond donors (Lipinski definition) is 1. The van der Waals surface area contributed by atoms with Gasteiger partial charge in [0.1, 0.15) is 5.82 Å². The molecule has 1 amide bonds. The molecule has 4 heterocycles. The van der Waals surface area contributed by atoms with E-state index in [4.69, 9.17) is 4.74 Å². The van der Waals surface area contributed by atoms with Crippen molar-refractivity contribution in [2.24, 2.45) is 5.92 Å². The molecule has 0 aliphatic carbocycles. The van der Waals surface area contributed by atoms with Crippen molar-refractivity contribution in [3.8, 4) is 0 Å². The number of hydrogen-bond acceptors (Lipinski definition) is 7. The quantitative estimate of drug-likeness (QED) is 0.498. The molecule has 0 spiro atoms. The zero-order valence-electron chi connectivity index (χ0n) is 21.5. The fourth-order valence-electron chi connectivity index (χ4n) is 5.17. The second-order valence-corrected chi connectivity index (χ2v) is 9.84. The molecular formula is C27H31F3N6O2. The van der Waals surface area contributed by atoms with Crippen molar-refractivity contribution in [1.29, 1.82) is 0 Å². The normalized spacial score (nSPS) is 17.7. The number of carbonyl (C=O) groups is 1. The molecule has 2 saturated heterocycles. The molecule has 2 aliphatic heterocycles. The number of fused-ring (bicyclic) bond motifs is 1. The van der Waals surface area contributed by atoms with Crippen LogP contribution in [-0.4, -0.2) is 65.4 Å². The number of anilines is 2. The highest BCUT2D eigenvalue weighted by Gasteiger charge is 2.29. The minimum Gasteiger partial charge on any atom is -0.381 e. The average molecular weight is 529 g/mol. The van der Waals surface area contributed by atoms with Gasteiger partial charge in [0, 0.05) is 56.3 Å². The average Bonchev–Trinajstić information content (AvgIpc) is 2.94. The minimum atomic E-state index is -2.90. The Balaban J connectivity index is 1.35. The number of halogens is 3. The van der Waals surface area contributed by atoms with Crippen molar-refractivity contribution >= 4 is 28.3 Å². The van der Waals surface area contributed by atoms with Crippen molar-refractivity contribution in [1.82, 2.24) is 20.1 Å². The highest BCUT2D eigenvalue weighted by Crippen LogP contribution is 2.32. The lowest BCUT2D eigenvalue weighted by Crippen LogP contribution is -2.51. The number of carbonyl (C=O) groups excluding carboxylic acids is 1. The van der Waals surface area contributed by atoms with Gasteiger partial charge < -0.3 is 19.9 Å². The summed E-state index contributed by atoms with van der Waals surface area (Å²) < 4.78 is 46.6. The number of piperazine rings is 1. The number of amides is 1. The molecule has 2 aromatic heterocycles. The summed E-state index contributed by atoms with van der Waals surface area (Å²) in [4.78, 5) is 21.6. The maximum atomic E-state index is 14.8. The lowest BCUT2D eigenvalue weighted by molar-refractivity contribution is -0.138. The topological polar surface area (TPSA) is 83.5 Å². The first-order chi connectivity index (χ1) is 18.3. The summed E-state index contributed by atoms with van der Waals surface area (Å²) in [5.74, 6) is -0.290. The molecule has 38 heavy (non-hydrogen) atoms. The first-order valence-corrected chi connectivity index (χ1v) is 12.9. The molecule has 0 unspecified atom stereocenters. The van der Waals surface area contributed by atoms with E-state index in [9.17, 15) is 18.0 Å². The summed E-state index contributed by atoms with van der Waals surface area (Å²) in [6, 6.07) is 5.30. The summed E-state index contributed by atoms with van der Waals surface area (Å²) in [6.45, 7) is 7.37. The second kappa shape index (κ2) is 11.1. The van der Waals surface area contributed by atoms with Crippen molar-refractivity contribution in [2.75, 3.05) is 49.6 Å². The van der Waals surface area contributed by atoms with E-state index in [0.717, 1.165) is 24.6 Å². The lowest BCUT2D eigenvalue weighted by Gasteiger charge is -2.38. The molecule has 8 nitrogen and oxygen atoms in total. The molecule has 202 valence electrons. The number of pyridine rings is 1. The van der Waals surface area contributed by atoms with Crippen molar-refractivity contribution < 1.29 is 22.7 Å². The number of alkyl halides is 2. The van der Waals surface area contributed by atoms with Gasteiger partial charge in [-0.2, -0.15) is 5.10 Å². The number of nitrogens with zero attached hydrogens (tertiary/aromatic N) is 5. The Morgan fingerprint density at radius 3 is 2.53 bits per heavy atom. The summed E-state index contributed by atoms with van der Waals surface area (Å²) in [5, 5.41) is 12.3. The van der Waals surface area contributed by atoms with E-state index in [1.165, 1.54) is 12.1 Å². The van der Waals surface area contributed by atoms with Crippen molar-refractivity contribution in [3.05, 3.63) is 53.1 Å². The van der Waals surface area contributed by atoms with Crippen LogP contribution in [0.1, 0.15) is 49.1 Å². The Hall–Kier alpha value is -3.47. The van der Waals surface area contributed by atoms with Gasteiger partial charge in [0.15, 0.2) is 5.82 Å². The van der Waals surface area contributed by atoms with E-state index in [2.05, 4.69) is 25.4 Å². The van der Waals surface area contributed by atoms with E-state index in [0.29, 0.717) is 61.8 Å². The van der Waals surface area contributed by atoms with E-state index in [1.807, 2.05) is 17.9 Å². The number of aryl methyl sites for hydroxylation is 1. The van der Waals surface area contributed by atoms with Crippen LogP contribution >= 0.6 is 0 Å². The fraction of sp³-hybridized carbons (Fsp3) is 0.481. The fourth-order valence-corrected chi connectivity index (χ4v) is 5.17. The van der Waals surface area contributed by atoms with Crippen LogP contribution in [0.5, 0.6) is 0 Å². The van der Waals surface area contributed by atoms with E-state index in [-0.39, 0.29) is 17.4 Å². The molecule has 1 atom stereocenters. The van der Waals surface area contributed by atoms with Crippen molar-refractivity contribution in [3.63, 3.8) is 0 Å². The first kappa shape index (κ1) is 26.1. The molecule has 1 N–H and O–H groups in total. The monoisotopic (exact) mass is 528 g/mol. The number of nitrogens with one attached hydrogen (secondary N) is 1. The van der Waals surface area contributed by atoms with Crippen LogP contribution in [-0.2, 0) is 9.53 Å². The maximum absolute atomic E-state index is 14.8. The number of benzene rings is 1. The largest absolute Gasteiger partial charge is 0.381 e. The van der Waals surface area contributed by atoms with Crippen LogP contribution in [0.4, 0.5) is 24.7 Å². The highest BCUT2D eigenvalue weighted by molar-refractivity contribution is 5.92. The Kier molecular flexibility index (Phi) is 7.64. The lowest BCUT2D eigenvalue weighted by atomic mass is 9.98. The predicted octanol–water partition coefficient (Wildman–Crippen LogP) is 4.66. The Morgan fingerprint density at radius 2 is 1.82 bits per heavy atom. The second-order valence-electron chi connectivity index (χ2n) is 9.84. The van der Waals surface area contributed by atoms with Gasteiger partial charge in [0.05, 0.1) is 34.7 Å². The number of ether oxygens (including phenoxy) is 1. The predicted molar refractivity (Wildman–Crippen MR) is 138 cm³/mol. The number of rotatable bonds is 6. The Morgan fingerprint density at radius 1 is 1.11 bits per heavy atom. The third kappa shape index (κ3) is 5.24. The molecule has 0 saturated carbocycles. The van der Waals surface area contributed by atoms with Gasteiger partial charge in [0.2, 0.25) is 5.91 Å².